The highest BCUT2D eigenvalue weighted by atomic mass is 16.4. The number of aryl methyl sites for hydroxylation is 3. The Morgan fingerprint density at radius 3 is 2.69 bits per heavy atom. The molecule has 36 heavy (non-hydrogen) atoms. The molecule has 3 aromatic rings. The predicted octanol–water partition coefficient (Wildman–Crippen LogP) is 3.13. The van der Waals surface area contributed by atoms with Crippen LogP contribution in [-0.2, 0) is 28.9 Å². The van der Waals surface area contributed by atoms with Crippen LogP contribution in [0.2, 0.25) is 0 Å². The minimum atomic E-state index is -1.18. The molecular formula is C27H33N5O4. The van der Waals surface area contributed by atoms with Crippen LogP contribution in [0.4, 0.5) is 5.69 Å². The second-order valence-corrected chi connectivity index (χ2v) is 9.28. The van der Waals surface area contributed by atoms with Crippen LogP contribution in [0.25, 0.3) is 10.9 Å². The van der Waals surface area contributed by atoms with Crippen molar-refractivity contribution < 1.29 is 19.5 Å². The number of nitrogen functional groups attached to an aromatic ring is 1. The number of benzene rings is 1. The lowest BCUT2D eigenvalue weighted by Crippen LogP contribution is -2.43. The third-order valence-corrected chi connectivity index (χ3v) is 6.65. The number of nitrogens with one attached hydrogen (secondary N) is 3. The van der Waals surface area contributed by atoms with Gasteiger partial charge in [-0.25, -0.2) is 4.79 Å². The molecule has 0 unspecified atom stereocenters. The van der Waals surface area contributed by atoms with Gasteiger partial charge in [0.25, 0.3) is 5.91 Å². The van der Waals surface area contributed by atoms with Crippen LogP contribution in [0.5, 0.6) is 0 Å². The molecule has 9 nitrogen and oxygen atoms in total. The molecule has 1 aromatic carbocycles. The monoisotopic (exact) mass is 491 g/mol. The summed E-state index contributed by atoms with van der Waals surface area (Å²) >= 11 is 0. The number of para-hydroxylation sites is 1. The first-order valence-corrected chi connectivity index (χ1v) is 12.6. The molecule has 0 bridgehead atoms. The van der Waals surface area contributed by atoms with Gasteiger partial charge in [0.05, 0.1) is 5.69 Å². The van der Waals surface area contributed by atoms with E-state index in [9.17, 15) is 19.5 Å². The molecule has 2 amide bonds. The highest BCUT2D eigenvalue weighted by molar-refractivity contribution is 6.08. The molecule has 0 saturated heterocycles. The minimum absolute atomic E-state index is 0.0615. The fourth-order valence-corrected chi connectivity index (χ4v) is 4.63. The maximum atomic E-state index is 12.6. The number of carboxylic acid groups (broad SMARTS) is 1. The van der Waals surface area contributed by atoms with E-state index in [0.717, 1.165) is 37.8 Å². The van der Waals surface area contributed by atoms with E-state index < -0.39 is 17.9 Å². The number of fused-ring (bicyclic) bond motifs is 2. The zero-order chi connectivity index (χ0) is 25.5. The van der Waals surface area contributed by atoms with Crippen LogP contribution in [0.15, 0.2) is 36.4 Å². The molecule has 4 rings (SSSR count). The van der Waals surface area contributed by atoms with Crippen molar-refractivity contribution in [3.63, 3.8) is 0 Å². The Labute approximate surface area is 209 Å². The van der Waals surface area contributed by atoms with E-state index in [0.29, 0.717) is 17.3 Å². The van der Waals surface area contributed by atoms with Crippen molar-refractivity contribution in [2.45, 2.75) is 63.8 Å². The van der Waals surface area contributed by atoms with Crippen LogP contribution >= 0.6 is 0 Å². The van der Waals surface area contributed by atoms with E-state index in [2.05, 4.69) is 27.8 Å². The molecule has 2 aromatic heterocycles. The van der Waals surface area contributed by atoms with Crippen molar-refractivity contribution in [2.75, 3.05) is 12.3 Å². The van der Waals surface area contributed by atoms with Gasteiger partial charge in [0.2, 0.25) is 5.91 Å². The van der Waals surface area contributed by atoms with Crippen LogP contribution in [0.3, 0.4) is 0 Å². The number of unbranched alkanes of at least 4 members (excludes halogenated alkanes) is 1. The number of H-pyrrole nitrogens is 1. The maximum absolute atomic E-state index is 12.6. The molecular weight excluding hydrogens is 458 g/mol. The Morgan fingerprint density at radius 1 is 1.08 bits per heavy atom. The third-order valence-electron chi connectivity index (χ3n) is 6.65. The van der Waals surface area contributed by atoms with E-state index in [1.807, 2.05) is 12.1 Å². The lowest BCUT2D eigenvalue weighted by Gasteiger charge is -2.15. The quantitative estimate of drug-likeness (QED) is 0.260. The molecule has 0 fully saturated rings. The number of hydrogen-bond donors (Lipinski definition) is 5. The molecule has 0 spiro atoms. The summed E-state index contributed by atoms with van der Waals surface area (Å²) in [6.07, 6.45) is 7.46. The number of nitrogens with zero attached hydrogens (tertiary/aromatic N) is 1. The van der Waals surface area contributed by atoms with Gasteiger partial charge in [0.1, 0.15) is 11.7 Å². The van der Waals surface area contributed by atoms with E-state index in [-0.39, 0.29) is 30.3 Å². The van der Waals surface area contributed by atoms with E-state index in [1.165, 1.54) is 24.1 Å². The van der Waals surface area contributed by atoms with Gasteiger partial charge in [0, 0.05) is 35.3 Å². The number of pyridine rings is 1. The van der Waals surface area contributed by atoms with Crippen molar-refractivity contribution in [3.8, 4) is 0 Å². The third kappa shape index (κ3) is 6.21. The molecule has 0 radical (unpaired) electrons. The lowest BCUT2D eigenvalue weighted by atomic mass is 9.95. The van der Waals surface area contributed by atoms with Crippen molar-refractivity contribution in [3.05, 3.63) is 59.0 Å². The number of rotatable bonds is 11. The van der Waals surface area contributed by atoms with Crippen molar-refractivity contribution in [2.24, 2.45) is 0 Å². The predicted molar refractivity (Wildman–Crippen MR) is 138 cm³/mol. The van der Waals surface area contributed by atoms with Gasteiger partial charge in [-0.3, -0.25) is 14.6 Å². The Bertz CT molecular complexity index is 1250. The van der Waals surface area contributed by atoms with Gasteiger partial charge in [0.15, 0.2) is 0 Å². The summed E-state index contributed by atoms with van der Waals surface area (Å²) in [5.41, 5.74) is 10.8. The number of hydrogen-bond acceptors (Lipinski definition) is 5. The number of nitrogens with two attached hydrogens (primary N) is 1. The minimum Gasteiger partial charge on any atom is -0.480 e. The summed E-state index contributed by atoms with van der Waals surface area (Å²) in [4.78, 5) is 44.2. The van der Waals surface area contributed by atoms with Gasteiger partial charge in [-0.05, 0) is 69.1 Å². The van der Waals surface area contributed by atoms with Crippen LogP contribution in [0, 0.1) is 0 Å². The van der Waals surface area contributed by atoms with E-state index in [1.54, 1.807) is 12.1 Å². The van der Waals surface area contributed by atoms with Crippen molar-refractivity contribution >= 4 is 34.4 Å². The number of aliphatic carboxylic acids is 1. The second-order valence-electron chi connectivity index (χ2n) is 9.28. The topological polar surface area (TPSA) is 150 Å². The Hall–Kier alpha value is -3.88. The maximum Gasteiger partial charge on any atom is 0.326 e. The molecule has 1 atom stereocenters. The molecule has 190 valence electrons. The number of aromatic nitrogens is 2. The Balaban J connectivity index is 1.18. The first-order chi connectivity index (χ1) is 17.4. The molecule has 6 N–H and O–H groups in total. The second kappa shape index (κ2) is 11.7. The summed E-state index contributed by atoms with van der Waals surface area (Å²) < 4.78 is 0. The number of anilines is 1. The first-order valence-electron chi connectivity index (χ1n) is 12.6. The van der Waals surface area contributed by atoms with Gasteiger partial charge in [-0.1, -0.05) is 24.3 Å². The standard InChI is InChI=1S/C27H33N5O4/c28-24-19-9-3-5-11-21(19)31-25(24)26(34)32-22(27(35)36)15-16-29-23(33)12-6-2-8-18-14-13-17-7-1-4-10-20(17)30-18/h3,5,9,11,13-14,22,31H,1-2,4,6-8,10,12,15-16,28H2,(H,29,33)(H,32,34)(H,35,36)/t22-/m0/s1. The van der Waals surface area contributed by atoms with Crippen LogP contribution < -0.4 is 16.4 Å². The lowest BCUT2D eigenvalue weighted by molar-refractivity contribution is -0.139. The molecule has 1 aliphatic rings. The molecule has 2 heterocycles. The smallest absolute Gasteiger partial charge is 0.326 e. The highest BCUT2D eigenvalue weighted by Gasteiger charge is 2.23. The van der Waals surface area contributed by atoms with Crippen LogP contribution in [-0.4, -0.2) is 45.4 Å². The summed E-state index contributed by atoms with van der Waals surface area (Å²) in [5.74, 6) is -1.91. The number of amides is 2. The van der Waals surface area contributed by atoms with Crippen molar-refractivity contribution in [1.82, 2.24) is 20.6 Å². The zero-order valence-corrected chi connectivity index (χ0v) is 20.3. The van der Waals surface area contributed by atoms with Gasteiger partial charge < -0.3 is 26.5 Å². The van der Waals surface area contributed by atoms with E-state index in [4.69, 9.17) is 10.7 Å². The number of carboxylic acids is 1. The largest absolute Gasteiger partial charge is 0.480 e. The first kappa shape index (κ1) is 25.2. The number of carbonyl (C=O) groups is 3. The van der Waals surface area contributed by atoms with Gasteiger partial charge >= 0.3 is 5.97 Å². The normalized spacial score (nSPS) is 13.7. The fourth-order valence-electron chi connectivity index (χ4n) is 4.63. The number of aromatic amines is 1. The summed E-state index contributed by atoms with van der Waals surface area (Å²) in [7, 11) is 0. The SMILES string of the molecule is Nc1c(C(=O)N[C@@H](CCNC(=O)CCCCc2ccc3c(n2)CCCC3)C(=O)O)[nH]c2ccccc12. The van der Waals surface area contributed by atoms with Crippen LogP contribution in [0.1, 0.15) is 66.0 Å². The van der Waals surface area contributed by atoms with E-state index >= 15 is 0 Å². The fraction of sp³-hybridized carbons (Fsp3) is 0.407. The summed E-state index contributed by atoms with van der Waals surface area (Å²) in [6.45, 7) is 0.143. The summed E-state index contributed by atoms with van der Waals surface area (Å²) in [6, 6.07) is 10.3. The molecule has 0 saturated carbocycles. The molecule has 1 aliphatic carbocycles. The average molecular weight is 492 g/mol. The molecule has 9 heteroatoms. The molecule has 0 aliphatic heterocycles. The van der Waals surface area contributed by atoms with Gasteiger partial charge in [-0.15, -0.1) is 0 Å². The Kier molecular flexibility index (Phi) is 8.20. The van der Waals surface area contributed by atoms with Crippen molar-refractivity contribution in [1.29, 1.82) is 0 Å². The average Bonchev–Trinajstić information content (AvgIpc) is 3.22. The number of carbonyl (C=O) groups excluding carboxylic acids is 2. The van der Waals surface area contributed by atoms with Gasteiger partial charge in [-0.2, -0.15) is 0 Å². The highest BCUT2D eigenvalue weighted by Crippen LogP contribution is 2.24. The summed E-state index contributed by atoms with van der Waals surface area (Å²) in [5, 5.41) is 15.5. The zero-order valence-electron chi connectivity index (χ0n) is 20.3. The Morgan fingerprint density at radius 2 is 1.89 bits per heavy atom.